The summed E-state index contributed by atoms with van der Waals surface area (Å²) in [5.74, 6) is -2.59. The molecule has 1 N–H and O–H groups in total. The molecular formula is C19H19ClF3NO2. The smallest absolute Gasteiger partial charge is 0.416 e. The number of halogens is 4. The lowest BCUT2D eigenvalue weighted by Crippen LogP contribution is -2.23. The normalized spacial score (nSPS) is 20.6. The summed E-state index contributed by atoms with van der Waals surface area (Å²) in [6.07, 6.45) is -4.49. The van der Waals surface area contributed by atoms with Crippen LogP contribution < -0.4 is 0 Å². The van der Waals surface area contributed by atoms with Crippen molar-refractivity contribution in [1.82, 2.24) is 4.90 Å². The first kappa shape index (κ1) is 20.3. The van der Waals surface area contributed by atoms with Crippen LogP contribution in [0.3, 0.4) is 0 Å². The summed E-state index contributed by atoms with van der Waals surface area (Å²) in [7, 11) is 0. The molecular weight excluding hydrogens is 367 g/mol. The van der Waals surface area contributed by atoms with Crippen molar-refractivity contribution < 1.29 is 23.1 Å². The predicted molar refractivity (Wildman–Crippen MR) is 94.3 cm³/mol. The Hall–Kier alpha value is -2.05. The quantitative estimate of drug-likeness (QED) is 0.846. The molecule has 0 amide bonds. The maximum Gasteiger partial charge on any atom is 0.416 e. The highest BCUT2D eigenvalue weighted by Gasteiger charge is 2.43. The number of carboxylic acid groups (broad SMARTS) is 1. The van der Waals surface area contributed by atoms with Crippen molar-refractivity contribution in [1.29, 1.82) is 0 Å². The van der Waals surface area contributed by atoms with E-state index in [0.29, 0.717) is 13.1 Å². The van der Waals surface area contributed by atoms with Crippen LogP contribution in [0.25, 0.3) is 0 Å². The van der Waals surface area contributed by atoms with Crippen molar-refractivity contribution in [2.45, 2.75) is 18.6 Å². The van der Waals surface area contributed by atoms with Crippen molar-refractivity contribution in [2.24, 2.45) is 5.92 Å². The highest BCUT2D eigenvalue weighted by Crippen LogP contribution is 2.41. The van der Waals surface area contributed by atoms with Crippen LogP contribution in [0.1, 0.15) is 22.6 Å². The maximum absolute atomic E-state index is 13.3. The number of aliphatic carboxylic acids is 1. The fraction of sp³-hybridized carbons (Fsp3) is 0.316. The van der Waals surface area contributed by atoms with Gasteiger partial charge in [0.2, 0.25) is 0 Å². The standard InChI is InChI=1S/C19H18F3NO2.ClH/c20-19(21,22)17-9-5-4-8-14(17)15-11-23(12-16(15)18(24)25)10-13-6-2-1-3-7-13;/h1-9,15-16H,10-12H2,(H,24,25);1H/t15-,16+;/m0./s1. The number of carbonyl (C=O) groups is 1. The first-order chi connectivity index (χ1) is 11.9. The summed E-state index contributed by atoms with van der Waals surface area (Å²) in [4.78, 5) is 13.5. The zero-order valence-corrected chi connectivity index (χ0v) is 14.6. The van der Waals surface area contributed by atoms with Crippen LogP contribution in [0.2, 0.25) is 0 Å². The van der Waals surface area contributed by atoms with Crippen LogP contribution in [-0.4, -0.2) is 29.1 Å². The van der Waals surface area contributed by atoms with Gasteiger partial charge in [-0.2, -0.15) is 13.2 Å². The number of alkyl halides is 3. The minimum Gasteiger partial charge on any atom is -0.481 e. The topological polar surface area (TPSA) is 40.5 Å². The third kappa shape index (κ3) is 4.37. The lowest BCUT2D eigenvalue weighted by atomic mass is 9.86. The zero-order chi connectivity index (χ0) is 18.0. The van der Waals surface area contributed by atoms with Crippen LogP contribution in [-0.2, 0) is 17.5 Å². The second-order valence-corrected chi connectivity index (χ2v) is 6.32. The highest BCUT2D eigenvalue weighted by molar-refractivity contribution is 5.85. The molecule has 26 heavy (non-hydrogen) atoms. The van der Waals surface area contributed by atoms with E-state index in [0.717, 1.165) is 11.6 Å². The average molecular weight is 386 g/mol. The summed E-state index contributed by atoms with van der Waals surface area (Å²) in [5.41, 5.74) is 0.335. The van der Waals surface area contributed by atoms with E-state index in [9.17, 15) is 23.1 Å². The molecule has 3 nitrogen and oxygen atoms in total. The second kappa shape index (κ2) is 8.10. The molecule has 1 saturated heterocycles. The monoisotopic (exact) mass is 385 g/mol. The third-order valence-corrected chi connectivity index (χ3v) is 4.63. The molecule has 0 bridgehead atoms. The largest absolute Gasteiger partial charge is 0.481 e. The SMILES string of the molecule is Cl.O=C(O)[C@@H]1CN(Cc2ccccc2)C[C@H]1c1ccccc1C(F)(F)F. The lowest BCUT2D eigenvalue weighted by molar-refractivity contribution is -0.143. The second-order valence-electron chi connectivity index (χ2n) is 6.32. The molecule has 1 heterocycles. The summed E-state index contributed by atoms with van der Waals surface area (Å²) in [6, 6.07) is 14.8. The molecule has 1 fully saturated rings. The van der Waals surface area contributed by atoms with E-state index < -0.39 is 29.5 Å². The fourth-order valence-electron chi connectivity index (χ4n) is 3.50. The van der Waals surface area contributed by atoms with Gasteiger partial charge in [-0.3, -0.25) is 9.69 Å². The van der Waals surface area contributed by atoms with Gasteiger partial charge < -0.3 is 5.11 Å². The predicted octanol–water partition coefficient (Wildman–Crippen LogP) is 4.43. The van der Waals surface area contributed by atoms with Crippen molar-refractivity contribution in [3.8, 4) is 0 Å². The van der Waals surface area contributed by atoms with Gasteiger partial charge in [0.25, 0.3) is 0 Å². The van der Waals surface area contributed by atoms with Crippen LogP contribution in [0, 0.1) is 5.92 Å². The lowest BCUT2D eigenvalue weighted by Gasteiger charge is -2.20. The van der Waals surface area contributed by atoms with Crippen molar-refractivity contribution in [2.75, 3.05) is 13.1 Å². The Morgan fingerprint density at radius 3 is 2.27 bits per heavy atom. The molecule has 0 spiro atoms. The van der Waals surface area contributed by atoms with Crippen LogP contribution >= 0.6 is 12.4 Å². The maximum atomic E-state index is 13.3. The van der Waals surface area contributed by atoms with E-state index >= 15 is 0 Å². The number of hydrogen-bond donors (Lipinski definition) is 1. The Kier molecular flexibility index (Phi) is 6.31. The van der Waals surface area contributed by atoms with Gasteiger partial charge in [-0.1, -0.05) is 48.5 Å². The summed E-state index contributed by atoms with van der Waals surface area (Å²) >= 11 is 0. The molecule has 0 aromatic heterocycles. The molecule has 1 aliphatic rings. The molecule has 2 aromatic carbocycles. The Balaban J connectivity index is 0.00000243. The minimum absolute atomic E-state index is 0. The average Bonchev–Trinajstić information content (AvgIpc) is 2.99. The van der Waals surface area contributed by atoms with Crippen LogP contribution in [0.5, 0.6) is 0 Å². The number of rotatable bonds is 4. The van der Waals surface area contributed by atoms with E-state index in [4.69, 9.17) is 0 Å². The molecule has 3 rings (SSSR count). The molecule has 0 aliphatic carbocycles. The molecule has 0 saturated carbocycles. The van der Waals surface area contributed by atoms with E-state index in [2.05, 4.69) is 0 Å². The van der Waals surface area contributed by atoms with E-state index in [1.165, 1.54) is 18.2 Å². The Morgan fingerprint density at radius 2 is 1.65 bits per heavy atom. The van der Waals surface area contributed by atoms with E-state index in [1.807, 2.05) is 35.2 Å². The number of carboxylic acids is 1. The molecule has 2 atom stereocenters. The van der Waals surface area contributed by atoms with Gasteiger partial charge in [0.15, 0.2) is 0 Å². The van der Waals surface area contributed by atoms with Gasteiger partial charge in [0.05, 0.1) is 11.5 Å². The van der Waals surface area contributed by atoms with E-state index in [-0.39, 0.29) is 24.5 Å². The third-order valence-electron chi connectivity index (χ3n) is 4.63. The molecule has 7 heteroatoms. The Labute approximate surface area is 155 Å². The first-order valence-electron chi connectivity index (χ1n) is 8.01. The Morgan fingerprint density at radius 1 is 1.04 bits per heavy atom. The highest BCUT2D eigenvalue weighted by atomic mass is 35.5. The molecule has 140 valence electrons. The summed E-state index contributed by atoms with van der Waals surface area (Å²) in [5, 5.41) is 9.51. The fourth-order valence-corrected chi connectivity index (χ4v) is 3.50. The van der Waals surface area contributed by atoms with Gasteiger partial charge in [-0.25, -0.2) is 0 Å². The van der Waals surface area contributed by atoms with Crippen molar-refractivity contribution in [3.63, 3.8) is 0 Å². The summed E-state index contributed by atoms with van der Waals surface area (Å²) < 4.78 is 39.9. The first-order valence-corrected chi connectivity index (χ1v) is 8.01. The molecule has 0 radical (unpaired) electrons. The zero-order valence-electron chi connectivity index (χ0n) is 13.8. The Bertz CT molecular complexity index is 752. The minimum atomic E-state index is -4.49. The van der Waals surface area contributed by atoms with Gasteiger partial charge in [-0.05, 0) is 17.2 Å². The van der Waals surface area contributed by atoms with Gasteiger partial charge >= 0.3 is 12.1 Å². The number of nitrogens with zero attached hydrogens (tertiary/aromatic N) is 1. The van der Waals surface area contributed by atoms with Gasteiger partial charge in [0, 0.05) is 25.6 Å². The number of benzene rings is 2. The van der Waals surface area contributed by atoms with E-state index in [1.54, 1.807) is 0 Å². The van der Waals surface area contributed by atoms with Gasteiger partial charge in [0.1, 0.15) is 0 Å². The van der Waals surface area contributed by atoms with Crippen molar-refractivity contribution >= 4 is 18.4 Å². The van der Waals surface area contributed by atoms with Crippen LogP contribution in [0.15, 0.2) is 54.6 Å². The van der Waals surface area contributed by atoms with Crippen molar-refractivity contribution in [3.05, 3.63) is 71.3 Å². The van der Waals surface area contributed by atoms with Crippen LogP contribution in [0.4, 0.5) is 13.2 Å². The molecule has 1 aliphatic heterocycles. The molecule has 2 aromatic rings. The number of likely N-dealkylation sites (tertiary alicyclic amines) is 1. The summed E-state index contributed by atoms with van der Waals surface area (Å²) in [6.45, 7) is 1.05. The van der Waals surface area contributed by atoms with Gasteiger partial charge in [-0.15, -0.1) is 12.4 Å². The number of hydrogen-bond acceptors (Lipinski definition) is 2. The molecule has 0 unspecified atom stereocenters.